The van der Waals surface area contributed by atoms with E-state index in [0.717, 1.165) is 12.0 Å². The van der Waals surface area contributed by atoms with Crippen molar-refractivity contribution in [2.75, 3.05) is 6.54 Å². The van der Waals surface area contributed by atoms with Gasteiger partial charge in [0, 0.05) is 48.5 Å². The normalized spacial score (nSPS) is 27.9. The number of nitrogens with one attached hydrogen (secondary N) is 3. The Balaban J connectivity index is 1.53. The van der Waals surface area contributed by atoms with E-state index in [1.807, 2.05) is 84.0 Å². The fourth-order valence-corrected chi connectivity index (χ4v) is 8.77. The maximum atomic E-state index is 14.2. The van der Waals surface area contributed by atoms with E-state index in [2.05, 4.69) is 29.8 Å². The summed E-state index contributed by atoms with van der Waals surface area (Å²) in [6.07, 6.45) is 9.12. The second-order valence-corrected chi connectivity index (χ2v) is 18.1. The predicted octanol–water partition coefficient (Wildman–Crippen LogP) is 5.74. The number of carbonyl (C=O) groups is 5. The summed E-state index contributed by atoms with van der Waals surface area (Å²) in [6, 6.07) is 7.95. The highest BCUT2D eigenvalue weighted by atomic mass is 16.5. The number of unbranched alkanes of at least 4 members (excludes halogenated alkanes) is 1. The molecule has 54 heavy (non-hydrogen) atoms. The van der Waals surface area contributed by atoms with Gasteiger partial charge in [-0.2, -0.15) is 5.06 Å². The Bertz CT molecular complexity index is 1470. The maximum absolute atomic E-state index is 14.2. The van der Waals surface area contributed by atoms with Gasteiger partial charge in [0.2, 0.25) is 23.6 Å². The summed E-state index contributed by atoms with van der Waals surface area (Å²) in [6.45, 7) is 16.3. The molecule has 1 aromatic rings. The van der Waals surface area contributed by atoms with Crippen molar-refractivity contribution in [3.05, 3.63) is 48.0 Å². The number of hydrogen-bond donors (Lipinski definition) is 4. The van der Waals surface area contributed by atoms with Crippen LogP contribution in [0.5, 0.6) is 0 Å². The second kappa shape index (κ2) is 18.8. The molecular formula is C43H67N5O6. The van der Waals surface area contributed by atoms with Crippen LogP contribution in [0.25, 0.3) is 0 Å². The van der Waals surface area contributed by atoms with Gasteiger partial charge in [-0.25, -0.2) is 0 Å². The van der Waals surface area contributed by atoms with E-state index in [1.165, 1.54) is 5.06 Å². The topological polar surface area (TPSA) is 148 Å². The summed E-state index contributed by atoms with van der Waals surface area (Å²) in [5.74, 6) is -2.07. The summed E-state index contributed by atoms with van der Waals surface area (Å²) in [5.41, 5.74) is 0.0507. The van der Waals surface area contributed by atoms with Gasteiger partial charge in [0.15, 0.2) is 5.78 Å². The van der Waals surface area contributed by atoms with E-state index in [0.29, 0.717) is 57.9 Å². The summed E-state index contributed by atoms with van der Waals surface area (Å²) in [5, 5.41) is 21.4. The number of carbonyl (C=O) groups excluding carboxylic acids is 5. The Morgan fingerprint density at radius 2 is 1.59 bits per heavy atom. The maximum Gasteiger partial charge on any atom is 0.243 e. The molecule has 11 heteroatoms. The number of hydroxylamine groups is 2. The lowest BCUT2D eigenvalue weighted by Gasteiger charge is -2.51. The van der Waals surface area contributed by atoms with Crippen molar-refractivity contribution in [1.82, 2.24) is 25.9 Å². The third-order valence-electron chi connectivity index (χ3n) is 11.5. The van der Waals surface area contributed by atoms with Crippen LogP contribution in [0.15, 0.2) is 42.5 Å². The zero-order valence-electron chi connectivity index (χ0n) is 34.0. The average Bonchev–Trinajstić information content (AvgIpc) is 3.58. The van der Waals surface area contributed by atoms with Crippen LogP contribution in [0.1, 0.15) is 125 Å². The van der Waals surface area contributed by atoms with Gasteiger partial charge in [-0.1, -0.05) is 76.6 Å². The lowest BCUT2D eigenvalue weighted by molar-refractivity contribution is -0.246. The Morgan fingerprint density at radius 3 is 2.22 bits per heavy atom. The molecule has 2 saturated heterocycles. The van der Waals surface area contributed by atoms with Crippen molar-refractivity contribution in [3.63, 3.8) is 0 Å². The molecule has 4 amide bonds. The number of hydrogen-bond acceptors (Lipinski definition) is 7. The quantitative estimate of drug-likeness (QED) is 0.167. The SMILES string of the molecule is CC(C)C[C@H]1/C=C/[C@H](Cc2ccccc2)C(=O)N2CCC[C@H]2C(=O)C[C@@H](C(C)C)C(=O)N[C@@H](CCCCC(=O)NC2CC(C)(C)N(O)C(C)(C)C2)C(=O)N1. The monoisotopic (exact) mass is 750 g/mol. The smallest absolute Gasteiger partial charge is 0.243 e. The Hall–Kier alpha value is -3.57. The molecule has 0 bridgehead atoms. The average molecular weight is 750 g/mol. The first-order valence-electron chi connectivity index (χ1n) is 20.3. The molecule has 11 nitrogen and oxygen atoms in total. The molecule has 0 aromatic heterocycles. The minimum Gasteiger partial charge on any atom is -0.353 e. The Morgan fingerprint density at radius 1 is 0.926 bits per heavy atom. The standard InChI is InChI=1S/C43H67N5O6/c1-28(2)23-32-21-20-31(24-30-15-10-9-11-16-30)41(53)47-22-14-18-36(47)37(49)25-34(29(3)4)39(51)46-35(40(52)45-32)17-12-13-19-38(50)44-33-26-42(5,6)48(54)43(7,8)27-33/h9-11,15-16,20-21,28-29,31-36,54H,12-14,17-19,22-27H2,1-8H3,(H,44,50)(H,45,52)(H,46,51)/b21-20+/t31-,32-,34+,35+,36+/m1/s1. The van der Waals surface area contributed by atoms with E-state index >= 15 is 0 Å². The van der Waals surface area contributed by atoms with Gasteiger partial charge in [-0.3, -0.25) is 24.0 Å². The van der Waals surface area contributed by atoms with Gasteiger partial charge in [-0.15, -0.1) is 0 Å². The third-order valence-corrected chi connectivity index (χ3v) is 11.5. The zero-order chi connectivity index (χ0) is 39.8. The number of benzene rings is 1. The second-order valence-electron chi connectivity index (χ2n) is 18.1. The van der Waals surface area contributed by atoms with Crippen molar-refractivity contribution in [3.8, 4) is 0 Å². The number of nitrogens with zero attached hydrogens (tertiary/aromatic N) is 2. The molecule has 0 saturated carbocycles. The summed E-state index contributed by atoms with van der Waals surface area (Å²) < 4.78 is 0. The molecule has 0 unspecified atom stereocenters. The minimum atomic E-state index is -0.856. The third kappa shape index (κ3) is 11.7. The largest absolute Gasteiger partial charge is 0.353 e. The lowest BCUT2D eigenvalue weighted by atomic mass is 9.79. The van der Waals surface area contributed by atoms with Crippen LogP contribution in [0.4, 0.5) is 0 Å². The minimum absolute atomic E-state index is 0.00948. The van der Waals surface area contributed by atoms with Crippen molar-refractivity contribution >= 4 is 29.4 Å². The van der Waals surface area contributed by atoms with Crippen molar-refractivity contribution in [1.29, 1.82) is 0 Å². The number of rotatable bonds is 11. The predicted molar refractivity (Wildman–Crippen MR) is 210 cm³/mol. The van der Waals surface area contributed by atoms with E-state index in [4.69, 9.17) is 0 Å². The van der Waals surface area contributed by atoms with Gasteiger partial charge in [-0.05, 0) is 96.5 Å². The summed E-state index contributed by atoms with van der Waals surface area (Å²) in [4.78, 5) is 70.9. The van der Waals surface area contributed by atoms with Crippen molar-refractivity contribution in [2.45, 2.75) is 161 Å². The van der Waals surface area contributed by atoms with E-state index in [1.54, 1.807) is 4.90 Å². The Kier molecular flexibility index (Phi) is 15.1. The molecule has 0 aliphatic carbocycles. The van der Waals surface area contributed by atoms with Crippen LogP contribution in [-0.2, 0) is 30.4 Å². The number of Topliss-reactive ketones (excluding diaryl/α,β-unsaturated/α-hetero) is 1. The molecular weight excluding hydrogens is 683 g/mol. The molecule has 1 aromatic carbocycles. The molecule has 4 rings (SSSR count). The number of ketones is 1. The highest BCUT2D eigenvalue weighted by Crippen LogP contribution is 2.36. The van der Waals surface area contributed by atoms with Gasteiger partial charge >= 0.3 is 0 Å². The summed E-state index contributed by atoms with van der Waals surface area (Å²) >= 11 is 0. The van der Waals surface area contributed by atoms with Gasteiger partial charge < -0.3 is 26.1 Å². The molecule has 2 fully saturated rings. The van der Waals surface area contributed by atoms with E-state index in [9.17, 15) is 29.2 Å². The summed E-state index contributed by atoms with van der Waals surface area (Å²) in [7, 11) is 0. The molecule has 4 N–H and O–H groups in total. The van der Waals surface area contributed by atoms with Crippen LogP contribution >= 0.6 is 0 Å². The molecule has 5 atom stereocenters. The first-order chi connectivity index (χ1) is 25.4. The highest BCUT2D eigenvalue weighted by molar-refractivity contribution is 5.95. The van der Waals surface area contributed by atoms with Gasteiger partial charge in [0.1, 0.15) is 6.04 Å². The van der Waals surface area contributed by atoms with Crippen LogP contribution in [0.3, 0.4) is 0 Å². The molecule has 3 heterocycles. The van der Waals surface area contributed by atoms with Crippen LogP contribution < -0.4 is 16.0 Å². The lowest BCUT2D eigenvalue weighted by Crippen LogP contribution is -2.62. The van der Waals surface area contributed by atoms with Gasteiger partial charge in [0.25, 0.3) is 0 Å². The van der Waals surface area contributed by atoms with Crippen LogP contribution in [0, 0.1) is 23.7 Å². The molecule has 3 aliphatic rings. The molecule has 0 spiro atoms. The van der Waals surface area contributed by atoms with Crippen molar-refractivity contribution in [2.24, 2.45) is 23.7 Å². The first kappa shape index (κ1) is 43.2. The number of fused-ring (bicyclic) bond motifs is 1. The first-order valence-corrected chi connectivity index (χ1v) is 20.3. The molecule has 0 radical (unpaired) electrons. The van der Waals surface area contributed by atoms with E-state index in [-0.39, 0.29) is 66.2 Å². The molecule has 300 valence electrons. The zero-order valence-corrected chi connectivity index (χ0v) is 34.0. The van der Waals surface area contributed by atoms with Crippen molar-refractivity contribution < 1.29 is 29.2 Å². The number of piperidine rings is 1. The molecule has 3 aliphatic heterocycles. The fraction of sp³-hybridized carbons (Fsp3) is 0.698. The van der Waals surface area contributed by atoms with Gasteiger partial charge in [0.05, 0.1) is 12.0 Å². The van der Waals surface area contributed by atoms with Crippen LogP contribution in [-0.4, -0.2) is 86.4 Å². The van der Waals surface area contributed by atoms with E-state index < -0.39 is 35.0 Å². The fourth-order valence-electron chi connectivity index (χ4n) is 8.77. The highest BCUT2D eigenvalue weighted by Gasteiger charge is 2.45. The Labute approximate surface area is 323 Å². The number of amides is 4. The van der Waals surface area contributed by atoms with Crippen LogP contribution in [0.2, 0.25) is 0 Å².